The van der Waals surface area contributed by atoms with Gasteiger partial charge in [0, 0.05) is 45.3 Å². The number of nitrogens with two attached hydrogens (primary N) is 1. The van der Waals surface area contributed by atoms with Crippen molar-refractivity contribution in [2.24, 2.45) is 5.73 Å². The third-order valence-electron chi connectivity index (χ3n) is 10.8. The zero-order valence-corrected chi connectivity index (χ0v) is 27.8. The van der Waals surface area contributed by atoms with E-state index in [1.807, 2.05) is 23.1 Å². The van der Waals surface area contributed by atoms with Crippen LogP contribution in [-0.2, 0) is 26.8 Å². The van der Waals surface area contributed by atoms with Gasteiger partial charge < -0.3 is 15.4 Å². The summed E-state index contributed by atoms with van der Waals surface area (Å²) in [6.07, 6.45) is 1.87. The molecular formula is C36H43F3N4O4S. The number of hydrogen-bond acceptors (Lipinski definition) is 6. The van der Waals surface area contributed by atoms with E-state index in [-0.39, 0.29) is 54.4 Å². The van der Waals surface area contributed by atoms with Gasteiger partial charge >= 0.3 is 6.18 Å². The quantitative estimate of drug-likeness (QED) is 0.333. The second-order valence-electron chi connectivity index (χ2n) is 14.0. The average molecular weight is 685 g/mol. The molecule has 4 fully saturated rings. The van der Waals surface area contributed by atoms with Gasteiger partial charge in [0.15, 0.2) is 0 Å². The number of fused-ring (bicyclic) bond motifs is 1. The number of amides is 1. The third-order valence-corrected chi connectivity index (χ3v) is 12.7. The molecule has 12 heteroatoms. The van der Waals surface area contributed by atoms with Gasteiger partial charge in [0.1, 0.15) is 11.8 Å². The summed E-state index contributed by atoms with van der Waals surface area (Å²) in [4.78, 5) is 17.9. The number of piperidine rings is 1. The number of ether oxygens (including phenoxy) is 1. The predicted molar refractivity (Wildman–Crippen MR) is 177 cm³/mol. The highest BCUT2D eigenvalue weighted by molar-refractivity contribution is 7.89. The molecule has 48 heavy (non-hydrogen) atoms. The molecule has 3 aromatic rings. The van der Waals surface area contributed by atoms with E-state index < -0.39 is 27.7 Å². The van der Waals surface area contributed by atoms with Gasteiger partial charge in [0.2, 0.25) is 15.9 Å². The minimum atomic E-state index is -4.28. The Bertz CT molecular complexity index is 1750. The van der Waals surface area contributed by atoms with Gasteiger partial charge in [-0.25, -0.2) is 8.42 Å². The van der Waals surface area contributed by atoms with Crippen molar-refractivity contribution >= 4 is 26.7 Å². The molecule has 0 unspecified atom stereocenters. The highest BCUT2D eigenvalue weighted by atomic mass is 32.2. The Morgan fingerprint density at radius 2 is 1.54 bits per heavy atom. The van der Waals surface area contributed by atoms with Gasteiger partial charge in [-0.1, -0.05) is 36.4 Å². The van der Waals surface area contributed by atoms with Crippen LogP contribution >= 0.6 is 0 Å². The van der Waals surface area contributed by atoms with Crippen LogP contribution in [0.1, 0.15) is 62.5 Å². The first-order chi connectivity index (χ1) is 22.9. The van der Waals surface area contributed by atoms with E-state index in [1.165, 1.54) is 17.1 Å². The van der Waals surface area contributed by atoms with Crippen LogP contribution in [0.3, 0.4) is 0 Å². The van der Waals surface area contributed by atoms with Crippen molar-refractivity contribution in [3.8, 4) is 5.75 Å². The molecule has 3 aromatic carbocycles. The van der Waals surface area contributed by atoms with Crippen molar-refractivity contribution in [3.63, 3.8) is 0 Å². The van der Waals surface area contributed by atoms with Crippen molar-refractivity contribution in [2.45, 2.75) is 92.6 Å². The number of carbonyl (C=O) groups excluding carboxylic acids is 1. The number of benzene rings is 3. The number of hydrogen-bond donors (Lipinski definition) is 1. The summed E-state index contributed by atoms with van der Waals surface area (Å²) in [6, 6.07) is 16.3. The SMILES string of the molecule is NC1CCN(C(=O)[C@H]2CN(Cc3ccc(C4(C(F)(F)F)CC4)cc3)CCN2S(=O)(=O)c2ccc3cc(OC4CCCC4)ccc3c2)CC1. The molecule has 2 saturated carbocycles. The van der Waals surface area contributed by atoms with Crippen LogP contribution in [0.4, 0.5) is 13.2 Å². The maximum absolute atomic E-state index is 14.3. The van der Waals surface area contributed by atoms with E-state index in [0.29, 0.717) is 39.0 Å². The molecule has 0 aromatic heterocycles. The van der Waals surface area contributed by atoms with E-state index in [2.05, 4.69) is 0 Å². The van der Waals surface area contributed by atoms with Crippen LogP contribution in [0.5, 0.6) is 5.75 Å². The molecule has 2 aliphatic carbocycles. The highest BCUT2D eigenvalue weighted by Gasteiger charge is 2.64. The van der Waals surface area contributed by atoms with Crippen molar-refractivity contribution in [1.29, 1.82) is 0 Å². The fourth-order valence-corrected chi connectivity index (χ4v) is 9.20. The van der Waals surface area contributed by atoms with Crippen molar-refractivity contribution in [3.05, 3.63) is 71.8 Å². The molecule has 258 valence electrons. The summed E-state index contributed by atoms with van der Waals surface area (Å²) in [6.45, 7) is 1.97. The Hall–Kier alpha value is -3.19. The molecule has 0 radical (unpaired) electrons. The van der Waals surface area contributed by atoms with E-state index in [1.54, 1.807) is 47.4 Å². The molecular weight excluding hydrogens is 641 g/mol. The van der Waals surface area contributed by atoms with E-state index in [9.17, 15) is 26.4 Å². The number of nitrogens with zero attached hydrogens (tertiary/aromatic N) is 3. The Labute approximate surface area is 280 Å². The van der Waals surface area contributed by atoms with Gasteiger partial charge in [-0.15, -0.1) is 0 Å². The van der Waals surface area contributed by atoms with Crippen LogP contribution in [0.2, 0.25) is 0 Å². The minimum Gasteiger partial charge on any atom is -0.490 e. The predicted octanol–water partition coefficient (Wildman–Crippen LogP) is 5.58. The van der Waals surface area contributed by atoms with Gasteiger partial charge in [-0.05, 0) is 97.5 Å². The molecule has 2 aliphatic heterocycles. The minimum absolute atomic E-state index is 0.00788. The maximum Gasteiger partial charge on any atom is 0.398 e. The lowest BCUT2D eigenvalue weighted by atomic mass is 9.94. The Morgan fingerprint density at radius 3 is 2.21 bits per heavy atom. The van der Waals surface area contributed by atoms with Crippen LogP contribution in [0, 0.1) is 0 Å². The summed E-state index contributed by atoms with van der Waals surface area (Å²) in [5.41, 5.74) is 5.44. The number of carbonyl (C=O) groups is 1. The van der Waals surface area contributed by atoms with Crippen molar-refractivity contribution in [1.82, 2.24) is 14.1 Å². The standard InChI is InChI=1S/C36H43F3N4O4S/c37-36(38,39)35(15-16-35)28-9-5-25(6-10-28)23-41-19-20-43(33(24-41)34(44)42-17-13-29(40)14-18-42)48(45,46)32-12-8-26-21-31(11-7-27(26)22-32)47-30-3-1-2-4-30/h5-12,21-22,29-30,33H,1-4,13-20,23-24,40H2/t33-/m1/s1. The number of alkyl halides is 3. The largest absolute Gasteiger partial charge is 0.490 e. The molecule has 0 spiro atoms. The summed E-state index contributed by atoms with van der Waals surface area (Å²) in [7, 11) is -4.05. The first-order valence-corrected chi connectivity index (χ1v) is 18.5. The monoisotopic (exact) mass is 684 g/mol. The molecule has 2 N–H and O–H groups in total. The fraction of sp³-hybridized carbons (Fsp3) is 0.528. The van der Waals surface area contributed by atoms with Crippen LogP contribution in [-0.4, -0.2) is 85.5 Å². The lowest BCUT2D eigenvalue weighted by Gasteiger charge is -2.42. The van der Waals surface area contributed by atoms with Gasteiger partial charge in [0.25, 0.3) is 0 Å². The second-order valence-corrected chi connectivity index (χ2v) is 15.9. The lowest BCUT2D eigenvalue weighted by molar-refractivity contribution is -0.160. The van der Waals surface area contributed by atoms with Crippen molar-refractivity contribution < 1.29 is 31.1 Å². The summed E-state index contributed by atoms with van der Waals surface area (Å²) >= 11 is 0. The van der Waals surface area contributed by atoms with Gasteiger partial charge in [-0.2, -0.15) is 17.5 Å². The molecule has 1 atom stereocenters. The van der Waals surface area contributed by atoms with Crippen molar-refractivity contribution in [2.75, 3.05) is 32.7 Å². The Kier molecular flexibility index (Phi) is 8.97. The lowest BCUT2D eigenvalue weighted by Crippen LogP contribution is -2.61. The summed E-state index contributed by atoms with van der Waals surface area (Å²) in [5.74, 6) is 0.524. The van der Waals surface area contributed by atoms with Gasteiger partial charge in [-0.3, -0.25) is 9.69 Å². The first kappa shape index (κ1) is 33.3. The molecule has 4 aliphatic rings. The summed E-state index contributed by atoms with van der Waals surface area (Å²) in [5, 5.41) is 1.64. The van der Waals surface area contributed by atoms with Gasteiger partial charge in [0.05, 0.1) is 16.4 Å². The summed E-state index contributed by atoms with van der Waals surface area (Å²) < 4.78 is 77.0. The smallest absolute Gasteiger partial charge is 0.398 e. The Balaban J connectivity index is 1.11. The molecule has 2 saturated heterocycles. The first-order valence-electron chi connectivity index (χ1n) is 17.1. The second kappa shape index (κ2) is 12.9. The van der Waals surface area contributed by atoms with E-state index in [4.69, 9.17) is 10.5 Å². The normalized spacial score (nSPS) is 23.1. The average Bonchev–Trinajstić information content (AvgIpc) is 3.75. The highest BCUT2D eigenvalue weighted by Crippen LogP contribution is 2.58. The molecule has 1 amide bonds. The zero-order chi connectivity index (χ0) is 33.7. The molecule has 2 heterocycles. The topological polar surface area (TPSA) is 96.2 Å². The number of rotatable bonds is 8. The maximum atomic E-state index is 14.3. The fourth-order valence-electron chi connectivity index (χ4n) is 7.60. The Morgan fingerprint density at radius 1 is 0.875 bits per heavy atom. The number of halogens is 3. The van der Waals surface area contributed by atoms with E-state index >= 15 is 0 Å². The third kappa shape index (κ3) is 6.56. The number of piperazine rings is 1. The van der Waals surface area contributed by atoms with Crippen LogP contribution in [0.25, 0.3) is 10.8 Å². The number of likely N-dealkylation sites (tertiary alicyclic amines) is 1. The van der Waals surface area contributed by atoms with E-state index in [0.717, 1.165) is 34.9 Å². The molecule has 7 rings (SSSR count). The molecule has 0 bridgehead atoms. The molecule has 8 nitrogen and oxygen atoms in total. The number of sulfonamides is 1. The van der Waals surface area contributed by atoms with Crippen LogP contribution in [0.15, 0.2) is 65.6 Å². The van der Waals surface area contributed by atoms with Crippen LogP contribution < -0.4 is 10.5 Å². The zero-order valence-electron chi connectivity index (χ0n) is 27.0.